The van der Waals surface area contributed by atoms with E-state index in [0.29, 0.717) is 43.0 Å². The number of nitrogens with two attached hydrogens (primary N) is 1. The highest BCUT2D eigenvalue weighted by Crippen LogP contribution is 2.47. The first kappa shape index (κ1) is 26.1. The molecule has 1 spiro atoms. The van der Waals surface area contributed by atoms with Gasteiger partial charge in [0.2, 0.25) is 11.8 Å². The van der Waals surface area contributed by atoms with E-state index in [1.807, 2.05) is 36.2 Å². The van der Waals surface area contributed by atoms with Gasteiger partial charge in [0.05, 0.1) is 12.6 Å². The van der Waals surface area contributed by atoms with E-state index >= 15 is 0 Å². The molecule has 9 heteroatoms. The summed E-state index contributed by atoms with van der Waals surface area (Å²) in [5.41, 5.74) is 11.6. The molecule has 38 heavy (non-hydrogen) atoms. The SMILES string of the molecule is CC(=N)c1c(N)cccc1CN1CCC2(CC1)COc1cc(C=O)c(CN(C)C3CCC(=O)NC3=O)cc12. The van der Waals surface area contributed by atoms with Crippen molar-refractivity contribution in [2.24, 2.45) is 0 Å². The summed E-state index contributed by atoms with van der Waals surface area (Å²) in [5, 5.41) is 10.6. The van der Waals surface area contributed by atoms with Gasteiger partial charge in [-0.25, -0.2) is 0 Å². The number of nitrogens with zero attached hydrogens (tertiary/aromatic N) is 2. The fraction of sp³-hybridized carbons (Fsp3) is 0.448. The molecule has 200 valence electrons. The van der Waals surface area contributed by atoms with Crippen LogP contribution in [0.2, 0.25) is 0 Å². The Morgan fingerprint density at radius 2 is 2.03 bits per heavy atom. The Morgan fingerprint density at radius 1 is 1.26 bits per heavy atom. The molecule has 0 aliphatic carbocycles. The number of imide groups is 1. The number of benzene rings is 2. The number of fused-ring (bicyclic) bond motifs is 2. The summed E-state index contributed by atoms with van der Waals surface area (Å²) in [7, 11) is 1.85. The highest BCUT2D eigenvalue weighted by molar-refractivity contribution is 6.02. The summed E-state index contributed by atoms with van der Waals surface area (Å²) in [5.74, 6) is 0.243. The monoisotopic (exact) mass is 517 g/mol. The predicted molar refractivity (Wildman–Crippen MR) is 145 cm³/mol. The van der Waals surface area contributed by atoms with E-state index in [0.717, 1.165) is 66.8 Å². The number of piperidine rings is 2. The van der Waals surface area contributed by atoms with Crippen LogP contribution in [-0.4, -0.2) is 66.4 Å². The van der Waals surface area contributed by atoms with Gasteiger partial charge in [0.15, 0.2) is 6.29 Å². The van der Waals surface area contributed by atoms with Gasteiger partial charge in [0, 0.05) is 53.0 Å². The van der Waals surface area contributed by atoms with Gasteiger partial charge in [-0.3, -0.25) is 29.5 Å². The topological polar surface area (TPSA) is 129 Å². The fourth-order valence-electron chi connectivity index (χ4n) is 6.20. The van der Waals surface area contributed by atoms with Crippen molar-refractivity contribution in [2.45, 2.75) is 57.2 Å². The van der Waals surface area contributed by atoms with Gasteiger partial charge in [0.1, 0.15) is 5.75 Å². The molecule has 3 aliphatic heterocycles. The average molecular weight is 518 g/mol. The Labute approximate surface area is 222 Å². The number of ether oxygens (including phenoxy) is 1. The number of carbonyl (C=O) groups is 3. The Hall–Kier alpha value is -3.56. The lowest BCUT2D eigenvalue weighted by atomic mass is 9.73. The number of likely N-dealkylation sites (N-methyl/N-ethyl adjacent to an activating group) is 1. The molecule has 2 amide bonds. The van der Waals surface area contributed by atoms with Gasteiger partial charge in [-0.1, -0.05) is 12.1 Å². The molecule has 5 rings (SSSR count). The third kappa shape index (κ3) is 4.83. The Morgan fingerprint density at radius 3 is 2.71 bits per heavy atom. The van der Waals surface area contributed by atoms with Crippen molar-refractivity contribution in [3.05, 3.63) is 58.1 Å². The number of nitrogen functional groups attached to an aromatic ring is 1. The maximum atomic E-state index is 12.4. The normalized spacial score (nSPS) is 20.8. The lowest BCUT2D eigenvalue weighted by molar-refractivity contribution is -0.137. The molecule has 0 radical (unpaired) electrons. The van der Waals surface area contributed by atoms with Crippen molar-refractivity contribution in [3.8, 4) is 5.75 Å². The van der Waals surface area contributed by atoms with Crippen molar-refractivity contribution in [1.82, 2.24) is 15.1 Å². The van der Waals surface area contributed by atoms with E-state index in [1.165, 1.54) is 0 Å². The number of nitrogens with one attached hydrogen (secondary N) is 2. The number of rotatable bonds is 7. The molecule has 9 nitrogen and oxygen atoms in total. The van der Waals surface area contributed by atoms with Crippen LogP contribution in [0.1, 0.15) is 65.2 Å². The summed E-state index contributed by atoms with van der Waals surface area (Å²) in [6, 6.07) is 9.37. The number of hydrogen-bond donors (Lipinski definition) is 3. The first-order chi connectivity index (χ1) is 18.2. The zero-order valence-corrected chi connectivity index (χ0v) is 22.0. The van der Waals surface area contributed by atoms with Gasteiger partial charge in [-0.05, 0) is 75.6 Å². The van der Waals surface area contributed by atoms with Gasteiger partial charge >= 0.3 is 0 Å². The van der Waals surface area contributed by atoms with Gasteiger partial charge in [0.25, 0.3) is 0 Å². The van der Waals surface area contributed by atoms with Crippen molar-refractivity contribution < 1.29 is 19.1 Å². The molecule has 1 unspecified atom stereocenters. The Kier molecular flexibility index (Phi) is 7.07. The van der Waals surface area contributed by atoms with Crippen LogP contribution in [0, 0.1) is 5.41 Å². The second-order valence-electron chi connectivity index (χ2n) is 10.9. The minimum atomic E-state index is -0.407. The quantitative estimate of drug-likeness (QED) is 0.223. The smallest absolute Gasteiger partial charge is 0.243 e. The van der Waals surface area contributed by atoms with Crippen molar-refractivity contribution >= 4 is 29.5 Å². The largest absolute Gasteiger partial charge is 0.492 e. The summed E-state index contributed by atoms with van der Waals surface area (Å²) >= 11 is 0. The van der Waals surface area contributed by atoms with E-state index in [9.17, 15) is 14.4 Å². The van der Waals surface area contributed by atoms with E-state index in [4.69, 9.17) is 15.9 Å². The molecule has 3 aliphatic rings. The second-order valence-corrected chi connectivity index (χ2v) is 10.9. The van der Waals surface area contributed by atoms with Crippen LogP contribution in [0.4, 0.5) is 5.69 Å². The van der Waals surface area contributed by atoms with Crippen molar-refractivity contribution in [3.63, 3.8) is 0 Å². The van der Waals surface area contributed by atoms with Crippen LogP contribution in [-0.2, 0) is 28.1 Å². The fourth-order valence-corrected chi connectivity index (χ4v) is 6.20. The minimum Gasteiger partial charge on any atom is -0.492 e. The Balaban J connectivity index is 1.33. The Bertz CT molecular complexity index is 1300. The molecule has 2 aromatic carbocycles. The van der Waals surface area contributed by atoms with Gasteiger partial charge < -0.3 is 15.9 Å². The van der Waals surface area contributed by atoms with E-state index in [1.54, 1.807) is 6.92 Å². The zero-order valence-electron chi connectivity index (χ0n) is 22.0. The number of carbonyl (C=O) groups excluding carboxylic acids is 3. The van der Waals surface area contributed by atoms with E-state index in [2.05, 4.69) is 16.3 Å². The van der Waals surface area contributed by atoms with E-state index < -0.39 is 6.04 Å². The molecule has 2 fully saturated rings. The standard InChI is InChI=1S/C29H35N5O4/c1-18(30)27-19(4-3-5-23(27)31)15-34-10-8-29(9-11-34)17-38-25-13-21(16-35)20(12-22(25)29)14-33(2)24-6-7-26(36)32-28(24)37/h3-5,12-13,16,24,30H,6-11,14-15,17,31H2,1-2H3,(H,32,36,37). The minimum absolute atomic E-state index is 0.120. The van der Waals surface area contributed by atoms with Crippen molar-refractivity contribution in [2.75, 3.05) is 32.5 Å². The lowest BCUT2D eigenvalue weighted by Gasteiger charge is -2.39. The molecule has 0 bridgehead atoms. The number of likely N-dealkylation sites (tertiary alicyclic amines) is 1. The van der Waals surface area contributed by atoms with Crippen molar-refractivity contribution in [1.29, 1.82) is 5.41 Å². The zero-order chi connectivity index (χ0) is 27.0. The van der Waals surface area contributed by atoms with Crippen LogP contribution < -0.4 is 15.8 Å². The van der Waals surface area contributed by atoms with Crippen LogP contribution in [0.3, 0.4) is 0 Å². The summed E-state index contributed by atoms with van der Waals surface area (Å²) in [6.45, 7) is 5.30. The highest BCUT2D eigenvalue weighted by Gasteiger charge is 2.44. The molecule has 0 saturated carbocycles. The first-order valence-electron chi connectivity index (χ1n) is 13.2. The molecule has 1 atom stereocenters. The van der Waals surface area contributed by atoms with Crippen LogP contribution in [0.25, 0.3) is 0 Å². The van der Waals surface area contributed by atoms with Gasteiger partial charge in [-0.15, -0.1) is 0 Å². The third-order valence-electron chi connectivity index (χ3n) is 8.37. The first-order valence-corrected chi connectivity index (χ1v) is 13.2. The highest BCUT2D eigenvalue weighted by atomic mass is 16.5. The molecule has 2 saturated heterocycles. The molecule has 4 N–H and O–H groups in total. The summed E-state index contributed by atoms with van der Waals surface area (Å²) in [4.78, 5) is 40.2. The lowest BCUT2D eigenvalue weighted by Crippen LogP contribution is -2.51. The van der Waals surface area contributed by atoms with Crippen LogP contribution in [0.5, 0.6) is 5.75 Å². The van der Waals surface area contributed by atoms with E-state index in [-0.39, 0.29) is 17.2 Å². The summed E-state index contributed by atoms with van der Waals surface area (Å²) in [6.07, 6.45) is 3.47. The van der Waals surface area contributed by atoms with Crippen LogP contribution in [0.15, 0.2) is 30.3 Å². The molecular formula is C29H35N5O4. The molecular weight excluding hydrogens is 482 g/mol. The molecule has 0 aromatic heterocycles. The average Bonchev–Trinajstić information content (AvgIpc) is 3.21. The number of hydrogen-bond acceptors (Lipinski definition) is 8. The number of anilines is 1. The predicted octanol–water partition coefficient (Wildman–Crippen LogP) is 2.63. The molecule has 3 heterocycles. The maximum Gasteiger partial charge on any atom is 0.243 e. The third-order valence-corrected chi connectivity index (χ3v) is 8.37. The van der Waals surface area contributed by atoms with Gasteiger partial charge in [-0.2, -0.15) is 0 Å². The number of amides is 2. The second kappa shape index (κ2) is 10.3. The van der Waals surface area contributed by atoms with Crippen LogP contribution >= 0.6 is 0 Å². The maximum absolute atomic E-state index is 12.4. The number of aldehydes is 1. The molecule has 2 aromatic rings. The summed E-state index contributed by atoms with van der Waals surface area (Å²) < 4.78 is 6.12.